The van der Waals surface area contributed by atoms with Crippen molar-refractivity contribution < 1.29 is 14.6 Å². The Morgan fingerprint density at radius 3 is 2.84 bits per heavy atom. The standard InChI is InChI=1S/C15H21NO3/c1-12-4-2-5-13(10-12)19-9-6-14(18)16-15(11-17)7-3-8-15/h2,4-5,10,17H,3,6-9,11H2,1H3,(H,16,18). The molecule has 1 aliphatic rings. The summed E-state index contributed by atoms with van der Waals surface area (Å²) in [4.78, 5) is 11.8. The predicted octanol–water partition coefficient (Wildman–Crippen LogP) is 1.80. The fraction of sp³-hybridized carbons (Fsp3) is 0.533. The summed E-state index contributed by atoms with van der Waals surface area (Å²) in [5, 5.41) is 12.2. The number of nitrogens with one attached hydrogen (secondary N) is 1. The van der Waals surface area contributed by atoms with E-state index in [1.165, 1.54) is 0 Å². The van der Waals surface area contributed by atoms with Crippen molar-refractivity contribution in [1.82, 2.24) is 5.32 Å². The molecular formula is C15H21NO3. The number of aliphatic hydroxyl groups excluding tert-OH is 1. The van der Waals surface area contributed by atoms with E-state index < -0.39 is 0 Å². The van der Waals surface area contributed by atoms with Crippen LogP contribution in [0.4, 0.5) is 0 Å². The van der Waals surface area contributed by atoms with E-state index in [-0.39, 0.29) is 18.1 Å². The molecular weight excluding hydrogens is 242 g/mol. The molecule has 0 atom stereocenters. The minimum atomic E-state index is -0.361. The summed E-state index contributed by atoms with van der Waals surface area (Å²) in [6.07, 6.45) is 3.12. The summed E-state index contributed by atoms with van der Waals surface area (Å²) in [6.45, 7) is 2.38. The lowest BCUT2D eigenvalue weighted by atomic mass is 9.77. The van der Waals surface area contributed by atoms with Crippen LogP contribution < -0.4 is 10.1 Å². The van der Waals surface area contributed by atoms with Gasteiger partial charge in [-0.05, 0) is 43.9 Å². The highest BCUT2D eigenvalue weighted by Gasteiger charge is 2.37. The summed E-state index contributed by atoms with van der Waals surface area (Å²) in [7, 11) is 0. The highest BCUT2D eigenvalue weighted by Crippen LogP contribution is 2.31. The van der Waals surface area contributed by atoms with Crippen LogP contribution in [0.3, 0.4) is 0 Å². The lowest BCUT2D eigenvalue weighted by Crippen LogP contribution is -2.56. The van der Waals surface area contributed by atoms with Crippen molar-refractivity contribution in [3.63, 3.8) is 0 Å². The first-order chi connectivity index (χ1) is 9.13. The van der Waals surface area contributed by atoms with Crippen molar-refractivity contribution in [2.45, 2.75) is 38.1 Å². The van der Waals surface area contributed by atoms with E-state index in [4.69, 9.17) is 4.74 Å². The summed E-state index contributed by atoms with van der Waals surface area (Å²) in [5.74, 6) is 0.731. The second kappa shape index (κ2) is 6.06. The smallest absolute Gasteiger partial charge is 0.223 e. The van der Waals surface area contributed by atoms with E-state index >= 15 is 0 Å². The first-order valence-electron chi connectivity index (χ1n) is 6.75. The van der Waals surface area contributed by atoms with Gasteiger partial charge in [0.15, 0.2) is 0 Å². The van der Waals surface area contributed by atoms with Crippen molar-refractivity contribution in [2.75, 3.05) is 13.2 Å². The predicted molar refractivity (Wildman–Crippen MR) is 73.1 cm³/mol. The molecule has 0 radical (unpaired) electrons. The second-order valence-electron chi connectivity index (χ2n) is 5.26. The molecule has 104 valence electrons. The van der Waals surface area contributed by atoms with Gasteiger partial charge in [-0.25, -0.2) is 0 Å². The maximum Gasteiger partial charge on any atom is 0.223 e. The average molecular weight is 263 g/mol. The van der Waals surface area contributed by atoms with Gasteiger partial charge in [-0.1, -0.05) is 12.1 Å². The van der Waals surface area contributed by atoms with E-state index in [1.54, 1.807) is 0 Å². The Morgan fingerprint density at radius 1 is 1.47 bits per heavy atom. The Balaban J connectivity index is 1.72. The largest absolute Gasteiger partial charge is 0.493 e. The highest BCUT2D eigenvalue weighted by atomic mass is 16.5. The number of benzene rings is 1. The molecule has 1 aromatic rings. The number of aliphatic hydroxyl groups is 1. The van der Waals surface area contributed by atoms with E-state index in [1.807, 2.05) is 31.2 Å². The molecule has 2 N–H and O–H groups in total. The van der Waals surface area contributed by atoms with Gasteiger partial charge in [-0.3, -0.25) is 4.79 Å². The molecule has 0 unspecified atom stereocenters. The van der Waals surface area contributed by atoms with Gasteiger partial charge in [0.1, 0.15) is 5.75 Å². The number of aryl methyl sites for hydroxylation is 1. The van der Waals surface area contributed by atoms with Crippen LogP contribution in [-0.4, -0.2) is 29.8 Å². The molecule has 1 aliphatic carbocycles. The van der Waals surface area contributed by atoms with Gasteiger partial charge in [-0.2, -0.15) is 0 Å². The number of carbonyl (C=O) groups is 1. The number of ether oxygens (including phenoxy) is 1. The molecule has 0 spiro atoms. The fourth-order valence-electron chi connectivity index (χ4n) is 2.25. The normalized spacial score (nSPS) is 16.5. The molecule has 2 rings (SSSR count). The summed E-state index contributed by atoms with van der Waals surface area (Å²) in [5.41, 5.74) is 0.774. The van der Waals surface area contributed by atoms with Crippen LogP contribution in [0.25, 0.3) is 0 Å². The number of hydrogen-bond donors (Lipinski definition) is 2. The van der Waals surface area contributed by atoms with Crippen LogP contribution in [0, 0.1) is 6.92 Å². The number of rotatable bonds is 6. The van der Waals surface area contributed by atoms with Crippen molar-refractivity contribution in [3.05, 3.63) is 29.8 Å². The van der Waals surface area contributed by atoms with Crippen LogP contribution in [0.5, 0.6) is 5.75 Å². The van der Waals surface area contributed by atoms with Gasteiger partial charge < -0.3 is 15.2 Å². The van der Waals surface area contributed by atoms with Crippen LogP contribution in [0.15, 0.2) is 24.3 Å². The monoisotopic (exact) mass is 263 g/mol. The van der Waals surface area contributed by atoms with Crippen molar-refractivity contribution in [1.29, 1.82) is 0 Å². The Kier molecular flexibility index (Phi) is 4.43. The van der Waals surface area contributed by atoms with Crippen molar-refractivity contribution >= 4 is 5.91 Å². The maximum atomic E-state index is 11.8. The molecule has 0 bridgehead atoms. The first-order valence-corrected chi connectivity index (χ1v) is 6.75. The van der Waals surface area contributed by atoms with E-state index in [2.05, 4.69) is 5.32 Å². The molecule has 1 amide bonds. The third-order valence-corrected chi connectivity index (χ3v) is 3.61. The SMILES string of the molecule is Cc1cccc(OCCC(=O)NC2(CO)CCC2)c1. The zero-order valence-corrected chi connectivity index (χ0v) is 11.3. The summed E-state index contributed by atoms with van der Waals surface area (Å²) in [6, 6.07) is 7.76. The van der Waals surface area contributed by atoms with Gasteiger partial charge in [0.05, 0.1) is 25.2 Å². The lowest BCUT2D eigenvalue weighted by molar-refractivity contribution is -0.125. The van der Waals surface area contributed by atoms with Crippen LogP contribution in [0.2, 0.25) is 0 Å². The average Bonchev–Trinajstić information content (AvgIpc) is 2.34. The first kappa shape index (κ1) is 13.9. The molecule has 0 saturated heterocycles. The quantitative estimate of drug-likeness (QED) is 0.822. The van der Waals surface area contributed by atoms with Gasteiger partial charge in [0, 0.05) is 0 Å². The highest BCUT2D eigenvalue weighted by molar-refractivity contribution is 5.77. The van der Waals surface area contributed by atoms with Gasteiger partial charge >= 0.3 is 0 Å². The van der Waals surface area contributed by atoms with Crippen LogP contribution in [0.1, 0.15) is 31.2 Å². The van der Waals surface area contributed by atoms with Crippen molar-refractivity contribution in [2.24, 2.45) is 0 Å². The third kappa shape index (κ3) is 3.70. The second-order valence-corrected chi connectivity index (χ2v) is 5.26. The minimum Gasteiger partial charge on any atom is -0.493 e. The molecule has 19 heavy (non-hydrogen) atoms. The Hall–Kier alpha value is -1.55. The number of carbonyl (C=O) groups excluding carboxylic acids is 1. The molecule has 0 aliphatic heterocycles. The molecule has 4 heteroatoms. The van der Waals surface area contributed by atoms with E-state index in [9.17, 15) is 9.90 Å². The zero-order valence-electron chi connectivity index (χ0n) is 11.3. The maximum absolute atomic E-state index is 11.8. The molecule has 4 nitrogen and oxygen atoms in total. The van der Waals surface area contributed by atoms with Crippen LogP contribution >= 0.6 is 0 Å². The third-order valence-electron chi connectivity index (χ3n) is 3.61. The Labute approximate surface area is 113 Å². The van der Waals surface area contributed by atoms with Crippen molar-refractivity contribution in [3.8, 4) is 5.75 Å². The molecule has 0 aromatic heterocycles. The minimum absolute atomic E-state index is 0.0253. The summed E-state index contributed by atoms with van der Waals surface area (Å²) >= 11 is 0. The van der Waals surface area contributed by atoms with E-state index in [0.29, 0.717) is 13.0 Å². The topological polar surface area (TPSA) is 58.6 Å². The van der Waals surface area contributed by atoms with Crippen LogP contribution in [-0.2, 0) is 4.79 Å². The Bertz CT molecular complexity index is 435. The lowest BCUT2D eigenvalue weighted by Gasteiger charge is -2.40. The Morgan fingerprint density at radius 2 is 2.26 bits per heavy atom. The summed E-state index contributed by atoms with van der Waals surface area (Å²) < 4.78 is 5.53. The molecule has 1 aromatic carbocycles. The number of amides is 1. The molecule has 1 fully saturated rings. The number of hydrogen-bond acceptors (Lipinski definition) is 3. The zero-order chi connectivity index (χ0) is 13.7. The van der Waals surface area contributed by atoms with E-state index in [0.717, 1.165) is 30.6 Å². The van der Waals surface area contributed by atoms with Gasteiger partial charge in [-0.15, -0.1) is 0 Å². The van der Waals surface area contributed by atoms with Gasteiger partial charge in [0.25, 0.3) is 0 Å². The molecule has 1 saturated carbocycles. The van der Waals surface area contributed by atoms with Gasteiger partial charge in [0.2, 0.25) is 5.91 Å². The fourth-order valence-corrected chi connectivity index (χ4v) is 2.25. The molecule has 0 heterocycles.